The number of carbonyl (C=O) groups is 1. The first-order valence-corrected chi connectivity index (χ1v) is 12.6. The first-order chi connectivity index (χ1) is 13.7. The zero-order chi connectivity index (χ0) is 20.7. The van der Waals surface area contributed by atoms with Gasteiger partial charge in [-0.1, -0.05) is 122 Å². The van der Waals surface area contributed by atoms with Gasteiger partial charge in [-0.25, -0.2) is 0 Å². The Morgan fingerprint density at radius 1 is 0.571 bits per heavy atom. The number of hydrogen-bond acceptors (Lipinski definition) is 2. The summed E-state index contributed by atoms with van der Waals surface area (Å²) in [4.78, 5) is 10.4. The lowest BCUT2D eigenvalue weighted by molar-refractivity contribution is -0.137. The highest BCUT2D eigenvalue weighted by molar-refractivity contribution is 5.66. The van der Waals surface area contributed by atoms with Gasteiger partial charge in [-0.15, -0.1) is 0 Å². The van der Waals surface area contributed by atoms with Crippen molar-refractivity contribution in [2.75, 3.05) is 0 Å². The molecule has 0 saturated heterocycles. The minimum atomic E-state index is -0.658. The maximum atomic E-state index is 10.4. The van der Waals surface area contributed by atoms with E-state index in [1.165, 1.54) is 103 Å². The molecule has 0 rings (SSSR count). The van der Waals surface area contributed by atoms with Crippen molar-refractivity contribution in [2.24, 2.45) is 0 Å². The number of carboxylic acid groups (broad SMARTS) is 1. The van der Waals surface area contributed by atoms with Crippen LogP contribution in [0.3, 0.4) is 0 Å². The molecule has 0 spiro atoms. The molecule has 0 aliphatic rings. The van der Waals surface area contributed by atoms with Crippen LogP contribution < -0.4 is 0 Å². The Hall–Kier alpha value is -0.570. The van der Waals surface area contributed by atoms with Gasteiger partial charge in [0, 0.05) is 6.42 Å². The molecule has 1 atom stereocenters. The van der Waals surface area contributed by atoms with Gasteiger partial charge >= 0.3 is 5.97 Å². The number of unbranched alkanes of at least 4 members (excludes halogenated alkanes) is 17. The van der Waals surface area contributed by atoms with Crippen molar-refractivity contribution in [3.05, 3.63) is 0 Å². The van der Waals surface area contributed by atoms with E-state index < -0.39 is 5.97 Å². The van der Waals surface area contributed by atoms with Gasteiger partial charge in [-0.2, -0.15) is 0 Å². The molecule has 0 heterocycles. The van der Waals surface area contributed by atoms with Crippen molar-refractivity contribution >= 4 is 5.97 Å². The highest BCUT2D eigenvalue weighted by Gasteiger charge is 2.01. The van der Waals surface area contributed by atoms with E-state index in [2.05, 4.69) is 6.92 Å². The Morgan fingerprint density at radius 3 is 1.21 bits per heavy atom. The van der Waals surface area contributed by atoms with Gasteiger partial charge in [-0.05, 0) is 19.3 Å². The van der Waals surface area contributed by atoms with Crippen LogP contribution >= 0.6 is 0 Å². The molecule has 0 aromatic carbocycles. The molecule has 0 aliphatic carbocycles. The molecular formula is C25H50O3. The molecular weight excluding hydrogens is 348 g/mol. The van der Waals surface area contributed by atoms with E-state index in [1.807, 2.05) is 0 Å². The van der Waals surface area contributed by atoms with Gasteiger partial charge in [-0.3, -0.25) is 4.79 Å². The number of rotatable bonds is 23. The lowest BCUT2D eigenvalue weighted by Crippen LogP contribution is -2.04. The average Bonchev–Trinajstić information content (AvgIpc) is 2.66. The summed E-state index contributed by atoms with van der Waals surface area (Å²) in [5, 5.41) is 18.3. The molecule has 3 heteroatoms. The van der Waals surface area contributed by atoms with Crippen molar-refractivity contribution in [1.29, 1.82) is 0 Å². The maximum Gasteiger partial charge on any atom is 0.303 e. The van der Waals surface area contributed by atoms with E-state index in [0.29, 0.717) is 6.42 Å². The van der Waals surface area contributed by atoms with Crippen LogP contribution in [-0.2, 0) is 4.79 Å². The maximum absolute atomic E-state index is 10.4. The van der Waals surface area contributed by atoms with E-state index >= 15 is 0 Å². The summed E-state index contributed by atoms with van der Waals surface area (Å²) < 4.78 is 0. The first-order valence-electron chi connectivity index (χ1n) is 12.6. The van der Waals surface area contributed by atoms with Crippen LogP contribution in [0, 0.1) is 0 Å². The molecule has 0 fully saturated rings. The molecule has 1 unspecified atom stereocenters. The highest BCUT2D eigenvalue weighted by Crippen LogP contribution is 2.15. The van der Waals surface area contributed by atoms with Crippen molar-refractivity contribution < 1.29 is 15.0 Å². The first kappa shape index (κ1) is 27.4. The summed E-state index contributed by atoms with van der Waals surface area (Å²) in [7, 11) is 0. The quantitative estimate of drug-likeness (QED) is 0.171. The molecule has 0 aromatic rings. The number of aliphatic hydroxyl groups is 1. The second kappa shape index (κ2) is 22.7. The van der Waals surface area contributed by atoms with E-state index in [9.17, 15) is 9.90 Å². The van der Waals surface area contributed by atoms with Gasteiger partial charge in [0.25, 0.3) is 0 Å². The molecule has 0 amide bonds. The van der Waals surface area contributed by atoms with E-state index in [1.54, 1.807) is 0 Å². The predicted molar refractivity (Wildman–Crippen MR) is 121 cm³/mol. The fourth-order valence-corrected chi connectivity index (χ4v) is 3.96. The fraction of sp³-hybridized carbons (Fsp3) is 0.960. The third-order valence-electron chi connectivity index (χ3n) is 5.80. The molecule has 0 aromatic heterocycles. The van der Waals surface area contributed by atoms with Gasteiger partial charge in [0.05, 0.1) is 6.10 Å². The molecule has 168 valence electrons. The van der Waals surface area contributed by atoms with E-state index in [0.717, 1.165) is 32.1 Å². The van der Waals surface area contributed by atoms with Crippen LogP contribution in [0.1, 0.15) is 148 Å². The fourth-order valence-electron chi connectivity index (χ4n) is 3.96. The van der Waals surface area contributed by atoms with Crippen molar-refractivity contribution in [2.45, 2.75) is 154 Å². The van der Waals surface area contributed by atoms with Crippen molar-refractivity contribution in [1.82, 2.24) is 0 Å². The number of aliphatic carboxylic acids is 1. The normalized spacial score (nSPS) is 12.4. The molecule has 0 radical (unpaired) electrons. The smallest absolute Gasteiger partial charge is 0.303 e. The average molecular weight is 399 g/mol. The second-order valence-electron chi connectivity index (χ2n) is 8.74. The SMILES string of the molecule is CCCC(O)CCCCCCCCCCCCCCCCCCCCC(=O)O. The molecule has 2 N–H and O–H groups in total. The van der Waals surface area contributed by atoms with E-state index in [-0.39, 0.29) is 6.10 Å². The summed E-state index contributed by atoms with van der Waals surface area (Å²) in [6.45, 7) is 2.14. The lowest BCUT2D eigenvalue weighted by atomic mass is 10.0. The van der Waals surface area contributed by atoms with Crippen LogP contribution in [0.25, 0.3) is 0 Å². The molecule has 0 aliphatic heterocycles. The van der Waals surface area contributed by atoms with Crippen LogP contribution in [0.5, 0.6) is 0 Å². The zero-order valence-corrected chi connectivity index (χ0v) is 18.9. The van der Waals surface area contributed by atoms with Gasteiger partial charge in [0.15, 0.2) is 0 Å². The Labute approximate surface area is 175 Å². The summed E-state index contributed by atoms with van der Waals surface area (Å²) in [6.07, 6.45) is 26.8. The van der Waals surface area contributed by atoms with E-state index in [4.69, 9.17) is 5.11 Å². The second-order valence-corrected chi connectivity index (χ2v) is 8.74. The van der Waals surface area contributed by atoms with Gasteiger partial charge in [0.1, 0.15) is 0 Å². The van der Waals surface area contributed by atoms with Gasteiger partial charge in [0.2, 0.25) is 0 Å². The molecule has 0 saturated carbocycles. The standard InChI is InChI=1S/C25H50O3/c1-2-21-24(26)22-19-17-15-13-11-9-7-5-3-4-6-8-10-12-14-16-18-20-23-25(27)28/h24,26H,2-23H2,1H3,(H,27,28). The monoisotopic (exact) mass is 398 g/mol. The number of aliphatic hydroxyl groups excluding tert-OH is 1. The summed E-state index contributed by atoms with van der Waals surface area (Å²) in [5.74, 6) is -0.658. The highest BCUT2D eigenvalue weighted by atomic mass is 16.4. The summed E-state index contributed by atoms with van der Waals surface area (Å²) in [6, 6.07) is 0. The molecule has 3 nitrogen and oxygen atoms in total. The minimum absolute atomic E-state index is 0.0551. The van der Waals surface area contributed by atoms with Crippen LogP contribution in [0.2, 0.25) is 0 Å². The third-order valence-corrected chi connectivity index (χ3v) is 5.80. The molecule has 28 heavy (non-hydrogen) atoms. The van der Waals surface area contributed by atoms with Crippen LogP contribution in [0.15, 0.2) is 0 Å². The number of hydrogen-bond donors (Lipinski definition) is 2. The Morgan fingerprint density at radius 2 is 0.893 bits per heavy atom. The minimum Gasteiger partial charge on any atom is -0.481 e. The Bertz CT molecular complexity index is 317. The van der Waals surface area contributed by atoms with Gasteiger partial charge < -0.3 is 10.2 Å². The molecule has 0 bridgehead atoms. The zero-order valence-electron chi connectivity index (χ0n) is 18.9. The van der Waals surface area contributed by atoms with Crippen molar-refractivity contribution in [3.63, 3.8) is 0 Å². The third kappa shape index (κ3) is 23.5. The van der Waals surface area contributed by atoms with Crippen LogP contribution in [-0.4, -0.2) is 22.3 Å². The summed E-state index contributed by atoms with van der Waals surface area (Å²) in [5.41, 5.74) is 0. The topological polar surface area (TPSA) is 57.5 Å². The van der Waals surface area contributed by atoms with Crippen molar-refractivity contribution in [3.8, 4) is 0 Å². The van der Waals surface area contributed by atoms with Crippen LogP contribution in [0.4, 0.5) is 0 Å². The Balaban J connectivity index is 3.04. The predicted octanol–water partition coefficient (Wildman–Crippen LogP) is 8.03. The Kier molecular flexibility index (Phi) is 22.3. The lowest BCUT2D eigenvalue weighted by Gasteiger charge is -2.08. The summed E-state index contributed by atoms with van der Waals surface area (Å²) >= 11 is 0. The number of carboxylic acids is 1. The largest absolute Gasteiger partial charge is 0.481 e.